The molecule has 1 N–H and O–H groups in total. The van der Waals surface area contributed by atoms with Gasteiger partial charge < -0.3 is 10.0 Å². The quantitative estimate of drug-likeness (QED) is 0.925. The number of halogens is 1. The summed E-state index contributed by atoms with van der Waals surface area (Å²) in [6.07, 6.45) is 1.46. The topological polar surface area (TPSA) is 26.7 Å². The Morgan fingerprint density at radius 3 is 2.85 bits per heavy atom. The zero-order valence-corrected chi connectivity index (χ0v) is 13.2. The Morgan fingerprint density at radius 1 is 1.35 bits per heavy atom. The molecule has 1 aliphatic rings. The number of aliphatic hydroxyl groups is 1. The van der Waals surface area contributed by atoms with Gasteiger partial charge in [-0.3, -0.25) is 4.90 Å². The van der Waals surface area contributed by atoms with Crippen molar-refractivity contribution in [1.82, 2.24) is 9.80 Å². The molecular weight excluding hydrogens is 272 g/mol. The summed E-state index contributed by atoms with van der Waals surface area (Å²) in [6.45, 7) is 6.56. The molecule has 0 amide bonds. The first-order valence-electron chi connectivity index (χ1n) is 7.43. The van der Waals surface area contributed by atoms with Crippen LogP contribution in [0, 0.1) is 0 Å². The second-order valence-electron chi connectivity index (χ2n) is 5.83. The molecule has 1 aromatic rings. The minimum Gasteiger partial charge on any atom is -0.388 e. The monoisotopic (exact) mass is 296 g/mol. The van der Waals surface area contributed by atoms with Crippen molar-refractivity contribution >= 4 is 11.6 Å². The zero-order valence-electron chi connectivity index (χ0n) is 12.4. The van der Waals surface area contributed by atoms with Crippen molar-refractivity contribution < 1.29 is 5.11 Å². The van der Waals surface area contributed by atoms with Crippen LogP contribution in [0.15, 0.2) is 24.3 Å². The standard InChI is InChI=1S/C16H25ClN2O/c1-13-12-18(2)9-5-10-19(13)11-8-16(20)14-6-3-4-7-15(14)17/h3-4,6-7,13,16,20H,5,8-12H2,1-2H3. The van der Waals surface area contributed by atoms with E-state index in [1.807, 2.05) is 24.3 Å². The van der Waals surface area contributed by atoms with Crippen LogP contribution in [0.4, 0.5) is 0 Å². The third-order valence-electron chi connectivity index (χ3n) is 4.14. The molecule has 1 fully saturated rings. The van der Waals surface area contributed by atoms with Crippen LogP contribution < -0.4 is 0 Å². The van der Waals surface area contributed by atoms with Gasteiger partial charge in [-0.15, -0.1) is 0 Å². The van der Waals surface area contributed by atoms with E-state index in [9.17, 15) is 5.11 Å². The molecule has 1 heterocycles. The van der Waals surface area contributed by atoms with Crippen LogP contribution >= 0.6 is 11.6 Å². The number of nitrogens with zero attached hydrogens (tertiary/aromatic N) is 2. The Morgan fingerprint density at radius 2 is 2.10 bits per heavy atom. The highest BCUT2D eigenvalue weighted by Crippen LogP contribution is 2.25. The first-order valence-corrected chi connectivity index (χ1v) is 7.81. The minimum absolute atomic E-state index is 0.475. The van der Waals surface area contributed by atoms with Gasteiger partial charge in [-0.1, -0.05) is 29.8 Å². The summed E-state index contributed by atoms with van der Waals surface area (Å²) < 4.78 is 0. The van der Waals surface area contributed by atoms with Gasteiger partial charge in [0.15, 0.2) is 0 Å². The highest BCUT2D eigenvalue weighted by molar-refractivity contribution is 6.31. The Balaban J connectivity index is 1.89. The van der Waals surface area contributed by atoms with Crippen molar-refractivity contribution in [2.24, 2.45) is 0 Å². The SMILES string of the molecule is CC1CN(C)CCCN1CCC(O)c1ccccc1Cl. The van der Waals surface area contributed by atoms with Gasteiger partial charge in [-0.05, 0) is 51.5 Å². The van der Waals surface area contributed by atoms with Crippen molar-refractivity contribution in [3.8, 4) is 0 Å². The fourth-order valence-corrected chi connectivity index (χ4v) is 3.20. The maximum absolute atomic E-state index is 10.3. The predicted octanol–water partition coefficient (Wildman–Crippen LogP) is 2.79. The molecule has 0 saturated carbocycles. The molecule has 20 heavy (non-hydrogen) atoms. The fraction of sp³-hybridized carbons (Fsp3) is 0.625. The van der Waals surface area contributed by atoms with Gasteiger partial charge in [0.05, 0.1) is 6.10 Å². The molecule has 0 spiro atoms. The molecule has 2 atom stereocenters. The van der Waals surface area contributed by atoms with Crippen molar-refractivity contribution in [2.45, 2.75) is 31.9 Å². The summed E-state index contributed by atoms with van der Waals surface area (Å²) >= 11 is 6.13. The van der Waals surface area contributed by atoms with Gasteiger partial charge in [-0.2, -0.15) is 0 Å². The number of hydrogen-bond acceptors (Lipinski definition) is 3. The molecule has 2 unspecified atom stereocenters. The Bertz CT molecular complexity index is 427. The highest BCUT2D eigenvalue weighted by Gasteiger charge is 2.20. The third-order valence-corrected chi connectivity index (χ3v) is 4.48. The number of likely N-dealkylation sites (N-methyl/N-ethyl adjacent to an activating group) is 1. The summed E-state index contributed by atoms with van der Waals surface area (Å²) in [5, 5.41) is 11.0. The van der Waals surface area contributed by atoms with Crippen LogP contribution in [0.25, 0.3) is 0 Å². The van der Waals surface area contributed by atoms with E-state index < -0.39 is 6.10 Å². The number of benzene rings is 1. The lowest BCUT2D eigenvalue weighted by molar-refractivity contribution is 0.127. The molecule has 0 radical (unpaired) electrons. The molecule has 1 aromatic carbocycles. The van der Waals surface area contributed by atoms with E-state index in [0.717, 1.165) is 38.2 Å². The molecule has 3 nitrogen and oxygen atoms in total. The average molecular weight is 297 g/mol. The molecular formula is C16H25ClN2O. The summed E-state index contributed by atoms with van der Waals surface area (Å²) in [5.74, 6) is 0. The molecule has 4 heteroatoms. The lowest BCUT2D eigenvalue weighted by Gasteiger charge is -2.28. The van der Waals surface area contributed by atoms with E-state index in [4.69, 9.17) is 11.6 Å². The summed E-state index contributed by atoms with van der Waals surface area (Å²) in [7, 11) is 2.18. The van der Waals surface area contributed by atoms with E-state index in [1.165, 1.54) is 6.42 Å². The zero-order chi connectivity index (χ0) is 14.5. The minimum atomic E-state index is -0.475. The van der Waals surface area contributed by atoms with Gasteiger partial charge >= 0.3 is 0 Å². The second-order valence-corrected chi connectivity index (χ2v) is 6.23. The number of hydrogen-bond donors (Lipinski definition) is 1. The molecule has 1 saturated heterocycles. The summed E-state index contributed by atoms with van der Waals surface area (Å²) in [4.78, 5) is 4.86. The van der Waals surface area contributed by atoms with E-state index in [1.54, 1.807) is 0 Å². The van der Waals surface area contributed by atoms with Gasteiger partial charge in [0.25, 0.3) is 0 Å². The van der Waals surface area contributed by atoms with E-state index in [-0.39, 0.29) is 0 Å². The van der Waals surface area contributed by atoms with Gasteiger partial charge in [0, 0.05) is 24.2 Å². The molecule has 112 valence electrons. The Hall–Kier alpha value is -0.610. The van der Waals surface area contributed by atoms with Crippen LogP contribution in [-0.4, -0.2) is 54.2 Å². The van der Waals surface area contributed by atoms with Crippen LogP contribution in [0.5, 0.6) is 0 Å². The van der Waals surface area contributed by atoms with Crippen molar-refractivity contribution in [1.29, 1.82) is 0 Å². The maximum Gasteiger partial charge on any atom is 0.0816 e. The smallest absolute Gasteiger partial charge is 0.0816 e. The van der Waals surface area contributed by atoms with Gasteiger partial charge in [0.2, 0.25) is 0 Å². The number of rotatable bonds is 4. The predicted molar refractivity (Wildman–Crippen MR) is 84.2 cm³/mol. The Kier molecular flexibility index (Phi) is 5.85. The highest BCUT2D eigenvalue weighted by atomic mass is 35.5. The van der Waals surface area contributed by atoms with Crippen molar-refractivity contribution in [2.75, 3.05) is 33.2 Å². The van der Waals surface area contributed by atoms with Gasteiger partial charge in [0.1, 0.15) is 0 Å². The van der Waals surface area contributed by atoms with Crippen LogP contribution in [-0.2, 0) is 0 Å². The van der Waals surface area contributed by atoms with Crippen molar-refractivity contribution in [3.05, 3.63) is 34.9 Å². The molecule has 2 rings (SSSR count). The van der Waals surface area contributed by atoms with Crippen molar-refractivity contribution in [3.63, 3.8) is 0 Å². The van der Waals surface area contributed by atoms with Crippen LogP contribution in [0.3, 0.4) is 0 Å². The first-order chi connectivity index (χ1) is 9.58. The Labute approximate surface area is 127 Å². The molecule has 0 bridgehead atoms. The average Bonchev–Trinajstić information content (AvgIpc) is 2.57. The molecule has 0 aliphatic carbocycles. The molecule has 0 aromatic heterocycles. The van der Waals surface area contributed by atoms with Crippen LogP contribution in [0.1, 0.15) is 31.4 Å². The normalized spacial score (nSPS) is 23.5. The summed E-state index contributed by atoms with van der Waals surface area (Å²) in [6, 6.07) is 8.11. The lowest BCUT2D eigenvalue weighted by atomic mass is 10.1. The third kappa shape index (κ3) is 4.19. The van der Waals surface area contributed by atoms with E-state index in [2.05, 4.69) is 23.8 Å². The van der Waals surface area contributed by atoms with E-state index >= 15 is 0 Å². The lowest BCUT2D eigenvalue weighted by Crippen LogP contribution is -2.38. The van der Waals surface area contributed by atoms with Crippen LogP contribution in [0.2, 0.25) is 5.02 Å². The summed E-state index contributed by atoms with van der Waals surface area (Å²) in [5.41, 5.74) is 0.841. The van der Waals surface area contributed by atoms with E-state index in [0.29, 0.717) is 11.1 Å². The maximum atomic E-state index is 10.3. The number of aliphatic hydroxyl groups excluding tert-OH is 1. The second kappa shape index (κ2) is 7.41. The largest absolute Gasteiger partial charge is 0.388 e. The van der Waals surface area contributed by atoms with Gasteiger partial charge in [-0.25, -0.2) is 0 Å². The first kappa shape index (κ1) is 15.8. The fourth-order valence-electron chi connectivity index (χ4n) is 2.94. The molecule has 1 aliphatic heterocycles.